The van der Waals surface area contributed by atoms with Gasteiger partial charge in [0, 0.05) is 15.2 Å². The summed E-state index contributed by atoms with van der Waals surface area (Å²) in [4.78, 5) is 23.0. The molecule has 1 aliphatic heterocycles. The summed E-state index contributed by atoms with van der Waals surface area (Å²) in [5, 5.41) is 0. The van der Waals surface area contributed by atoms with Crippen molar-refractivity contribution in [1.82, 2.24) is 0 Å². The molecule has 2 atom stereocenters. The maximum absolute atomic E-state index is 11.7. The smallest absolute Gasteiger partial charge is 0.313 e. The highest BCUT2D eigenvalue weighted by molar-refractivity contribution is 6.62. The molecular weight excluding hydrogens is 208 g/mol. The average molecular weight is 228 g/mol. The van der Waals surface area contributed by atoms with E-state index in [2.05, 4.69) is 33.9 Å². The minimum Gasteiger partial charge on any atom is -0.393 e. The highest BCUT2D eigenvalue weighted by Gasteiger charge is 2.45. The first-order valence-corrected chi connectivity index (χ1v) is 8.45. The van der Waals surface area contributed by atoms with E-state index >= 15 is 0 Å². The maximum Gasteiger partial charge on any atom is 0.313 e. The van der Waals surface area contributed by atoms with Crippen LogP contribution in [-0.2, 0) is 14.3 Å². The molecule has 0 bridgehead atoms. The second-order valence-electron chi connectivity index (χ2n) is 5.74. The highest BCUT2D eigenvalue weighted by Crippen LogP contribution is 2.43. The lowest BCUT2D eigenvalue weighted by Crippen LogP contribution is -2.43. The molecule has 0 amide bonds. The van der Waals surface area contributed by atoms with Crippen molar-refractivity contribution in [3.05, 3.63) is 0 Å². The van der Waals surface area contributed by atoms with Gasteiger partial charge in [-0.2, -0.15) is 0 Å². The third kappa shape index (κ3) is 2.68. The number of rotatable bonds is 1. The predicted molar refractivity (Wildman–Crippen MR) is 61.3 cm³/mol. The number of cyclic esters (lactones) is 2. The van der Waals surface area contributed by atoms with E-state index in [9.17, 15) is 9.59 Å². The molecule has 1 aliphatic rings. The van der Waals surface area contributed by atoms with E-state index < -0.39 is 8.80 Å². The van der Waals surface area contributed by atoms with Crippen LogP contribution in [0.1, 0.15) is 27.2 Å². The van der Waals surface area contributed by atoms with Crippen molar-refractivity contribution >= 4 is 20.7 Å². The summed E-state index contributed by atoms with van der Waals surface area (Å²) < 4.78 is 4.74. The Kier molecular flexibility index (Phi) is 3.38. The number of carbonyl (C=O) groups excluding carboxylic acids is 2. The van der Waals surface area contributed by atoms with E-state index in [1.165, 1.54) is 0 Å². The third-order valence-corrected chi connectivity index (χ3v) is 5.31. The molecule has 0 radical (unpaired) electrons. The number of esters is 2. The van der Waals surface area contributed by atoms with Gasteiger partial charge < -0.3 is 4.74 Å². The molecule has 0 saturated carbocycles. The molecule has 4 heteroatoms. The molecule has 0 aromatic rings. The van der Waals surface area contributed by atoms with Crippen molar-refractivity contribution in [2.75, 3.05) is 0 Å². The Morgan fingerprint density at radius 3 is 2.20 bits per heavy atom. The first-order chi connectivity index (χ1) is 6.73. The topological polar surface area (TPSA) is 43.4 Å². The van der Waals surface area contributed by atoms with Crippen LogP contribution in [0.15, 0.2) is 0 Å². The monoisotopic (exact) mass is 228 g/mol. The fourth-order valence-electron chi connectivity index (χ4n) is 2.27. The number of ether oxygens (including phenoxy) is 1. The second kappa shape index (κ2) is 4.08. The Morgan fingerprint density at radius 2 is 1.80 bits per heavy atom. The first kappa shape index (κ1) is 12.4. The van der Waals surface area contributed by atoms with Gasteiger partial charge in [-0.05, 0) is 11.3 Å². The lowest BCUT2D eigenvalue weighted by Gasteiger charge is -2.39. The molecule has 0 N–H and O–H groups in total. The van der Waals surface area contributed by atoms with Gasteiger partial charge in [0.05, 0.1) is 5.54 Å². The molecule has 0 aromatic heterocycles. The normalized spacial score (nSPS) is 28.1. The molecule has 0 spiro atoms. The highest BCUT2D eigenvalue weighted by atomic mass is 28.3. The van der Waals surface area contributed by atoms with E-state index in [0.29, 0.717) is 6.42 Å². The van der Waals surface area contributed by atoms with E-state index in [1.807, 2.05) is 0 Å². The SMILES string of the molecule is C[SiH](C)C1C(=O)OC(=O)CC1C(C)(C)C. The van der Waals surface area contributed by atoms with Crippen LogP contribution in [0.3, 0.4) is 0 Å². The van der Waals surface area contributed by atoms with Crippen LogP contribution in [0, 0.1) is 11.3 Å². The Morgan fingerprint density at radius 1 is 1.27 bits per heavy atom. The van der Waals surface area contributed by atoms with Crippen molar-refractivity contribution in [2.24, 2.45) is 11.3 Å². The zero-order valence-corrected chi connectivity index (χ0v) is 11.3. The summed E-state index contributed by atoms with van der Waals surface area (Å²) in [6, 6.07) is 0. The summed E-state index contributed by atoms with van der Waals surface area (Å²) in [6.07, 6.45) is 0.394. The molecule has 0 aromatic carbocycles. The molecular formula is C11H20O3Si. The van der Waals surface area contributed by atoms with E-state index in [1.54, 1.807) is 0 Å². The molecule has 3 nitrogen and oxygen atoms in total. The largest absolute Gasteiger partial charge is 0.393 e. The van der Waals surface area contributed by atoms with Gasteiger partial charge in [-0.25, -0.2) is 0 Å². The third-order valence-electron chi connectivity index (χ3n) is 3.14. The number of carbonyl (C=O) groups is 2. The quantitative estimate of drug-likeness (QED) is 0.391. The van der Waals surface area contributed by atoms with Gasteiger partial charge in [0.1, 0.15) is 0 Å². The Hall–Kier alpha value is -0.643. The minimum atomic E-state index is -1.12. The zero-order chi connectivity index (χ0) is 11.8. The predicted octanol–water partition coefficient (Wildman–Crippen LogP) is 1.98. The summed E-state index contributed by atoms with van der Waals surface area (Å²) in [5.74, 6) is -0.489. The molecule has 0 aliphatic carbocycles. The second-order valence-corrected chi connectivity index (χ2v) is 8.95. The lowest BCUT2D eigenvalue weighted by molar-refractivity contribution is -0.167. The maximum atomic E-state index is 11.7. The molecule has 1 heterocycles. The van der Waals surface area contributed by atoms with Gasteiger partial charge >= 0.3 is 11.9 Å². The van der Waals surface area contributed by atoms with Gasteiger partial charge in [0.15, 0.2) is 0 Å². The molecule has 86 valence electrons. The van der Waals surface area contributed by atoms with Crippen LogP contribution in [0.4, 0.5) is 0 Å². The van der Waals surface area contributed by atoms with Crippen LogP contribution in [0.25, 0.3) is 0 Å². The van der Waals surface area contributed by atoms with Crippen LogP contribution >= 0.6 is 0 Å². The van der Waals surface area contributed by atoms with Gasteiger partial charge in [0.2, 0.25) is 0 Å². The molecule has 1 rings (SSSR count). The fraction of sp³-hybridized carbons (Fsp3) is 0.818. The zero-order valence-electron chi connectivity index (χ0n) is 10.2. The van der Waals surface area contributed by atoms with Gasteiger partial charge in [-0.1, -0.05) is 33.9 Å². The van der Waals surface area contributed by atoms with Crippen LogP contribution in [0.2, 0.25) is 18.6 Å². The van der Waals surface area contributed by atoms with Gasteiger partial charge in [-0.15, -0.1) is 0 Å². The summed E-state index contributed by atoms with van der Waals surface area (Å²) in [5.41, 5.74) is -0.0143. The van der Waals surface area contributed by atoms with Crippen LogP contribution in [-0.4, -0.2) is 20.7 Å². The van der Waals surface area contributed by atoms with E-state index in [4.69, 9.17) is 4.74 Å². The van der Waals surface area contributed by atoms with Gasteiger partial charge in [-0.3, -0.25) is 9.59 Å². The lowest BCUT2D eigenvalue weighted by atomic mass is 9.75. The first-order valence-electron chi connectivity index (χ1n) is 5.48. The van der Waals surface area contributed by atoms with Crippen molar-refractivity contribution in [1.29, 1.82) is 0 Å². The van der Waals surface area contributed by atoms with Crippen molar-refractivity contribution in [2.45, 2.75) is 45.8 Å². The van der Waals surface area contributed by atoms with Crippen molar-refractivity contribution < 1.29 is 14.3 Å². The van der Waals surface area contributed by atoms with Crippen LogP contribution in [0.5, 0.6) is 0 Å². The summed E-state index contributed by atoms with van der Waals surface area (Å²) in [7, 11) is -1.12. The summed E-state index contributed by atoms with van der Waals surface area (Å²) >= 11 is 0. The summed E-state index contributed by atoms with van der Waals surface area (Å²) in [6.45, 7) is 10.6. The fourth-order valence-corrected chi connectivity index (χ4v) is 4.53. The van der Waals surface area contributed by atoms with E-state index in [0.717, 1.165) is 0 Å². The van der Waals surface area contributed by atoms with Crippen molar-refractivity contribution in [3.63, 3.8) is 0 Å². The minimum absolute atomic E-state index is 0.00294. The molecule has 15 heavy (non-hydrogen) atoms. The Bertz CT molecular complexity index is 278. The average Bonchev–Trinajstić information content (AvgIpc) is 1.99. The molecule has 1 saturated heterocycles. The molecule has 1 fully saturated rings. The standard InChI is InChI=1S/C11H20O3Si/c1-11(2,3)7-6-8(12)14-10(13)9(7)15(4)5/h7,9,15H,6H2,1-5H3. The Balaban J connectivity index is 2.98. The molecule has 2 unspecified atom stereocenters. The van der Waals surface area contributed by atoms with Gasteiger partial charge in [0.25, 0.3) is 0 Å². The number of hydrogen-bond acceptors (Lipinski definition) is 3. The van der Waals surface area contributed by atoms with Crippen molar-refractivity contribution in [3.8, 4) is 0 Å². The Labute approximate surface area is 92.8 Å². The number of hydrogen-bond donors (Lipinski definition) is 0. The van der Waals surface area contributed by atoms with E-state index in [-0.39, 0.29) is 28.8 Å². The van der Waals surface area contributed by atoms with Crippen LogP contribution < -0.4 is 0 Å².